The van der Waals surface area contributed by atoms with Gasteiger partial charge in [0.25, 0.3) is 0 Å². The first-order valence-electron chi connectivity index (χ1n) is 7.63. The molecule has 0 aliphatic carbocycles. The van der Waals surface area contributed by atoms with E-state index in [1.165, 1.54) is 6.42 Å². The summed E-state index contributed by atoms with van der Waals surface area (Å²) in [5.74, 6) is 0.776. The lowest BCUT2D eigenvalue weighted by molar-refractivity contribution is 0.147. The fourth-order valence-corrected chi connectivity index (χ4v) is 2.91. The van der Waals surface area contributed by atoms with Gasteiger partial charge in [0.05, 0.1) is 10.8 Å². The van der Waals surface area contributed by atoms with Crippen LogP contribution in [-0.4, -0.2) is 31.1 Å². The first-order chi connectivity index (χ1) is 10.8. The number of ether oxygens (including phenoxy) is 1. The Kier molecular flexibility index (Phi) is 3.31. The minimum absolute atomic E-state index is 0.305. The summed E-state index contributed by atoms with van der Waals surface area (Å²) in [7, 11) is 0. The SMILES string of the molecule is O=c1oc2cccc(OCCN3CCC3)c2c2ccccc12. The normalized spacial score (nSPS) is 15.1. The monoisotopic (exact) mass is 295 g/mol. The Labute approximate surface area is 127 Å². The smallest absolute Gasteiger partial charge is 0.344 e. The van der Waals surface area contributed by atoms with Crippen LogP contribution < -0.4 is 10.4 Å². The molecular weight excluding hydrogens is 278 g/mol. The quantitative estimate of drug-likeness (QED) is 0.548. The predicted molar refractivity (Wildman–Crippen MR) is 86.5 cm³/mol. The molecule has 1 aliphatic heterocycles. The number of hydrogen-bond donors (Lipinski definition) is 0. The lowest BCUT2D eigenvalue weighted by atomic mass is 10.1. The number of rotatable bonds is 4. The maximum atomic E-state index is 12.0. The fourth-order valence-electron chi connectivity index (χ4n) is 2.91. The molecular formula is C18H17NO3. The molecule has 4 rings (SSSR count). The molecule has 0 radical (unpaired) electrons. The molecule has 1 aromatic heterocycles. The Morgan fingerprint density at radius 3 is 2.64 bits per heavy atom. The number of fused-ring (bicyclic) bond motifs is 3. The summed E-state index contributed by atoms with van der Waals surface area (Å²) in [4.78, 5) is 14.4. The molecule has 0 bridgehead atoms. The van der Waals surface area contributed by atoms with Gasteiger partial charge < -0.3 is 9.15 Å². The second kappa shape index (κ2) is 5.46. The van der Waals surface area contributed by atoms with Crippen LogP contribution in [0.25, 0.3) is 21.7 Å². The van der Waals surface area contributed by atoms with Gasteiger partial charge in [0, 0.05) is 11.9 Å². The first kappa shape index (κ1) is 13.3. The Bertz CT molecular complexity index is 880. The third kappa shape index (κ3) is 2.25. The third-order valence-electron chi connectivity index (χ3n) is 4.22. The minimum Gasteiger partial charge on any atom is -0.491 e. The van der Waals surface area contributed by atoms with Crippen molar-refractivity contribution in [3.63, 3.8) is 0 Å². The van der Waals surface area contributed by atoms with Crippen molar-refractivity contribution in [3.05, 3.63) is 52.9 Å². The molecule has 0 atom stereocenters. The molecule has 0 N–H and O–H groups in total. The van der Waals surface area contributed by atoms with Crippen molar-refractivity contribution in [1.29, 1.82) is 0 Å². The lowest BCUT2D eigenvalue weighted by Crippen LogP contribution is -2.39. The highest BCUT2D eigenvalue weighted by molar-refractivity contribution is 6.07. The Balaban J connectivity index is 1.77. The Hall–Kier alpha value is -2.33. The van der Waals surface area contributed by atoms with Crippen LogP contribution in [-0.2, 0) is 0 Å². The second-order valence-electron chi connectivity index (χ2n) is 5.61. The van der Waals surface area contributed by atoms with Crippen LogP contribution in [0, 0.1) is 0 Å². The highest BCUT2D eigenvalue weighted by atomic mass is 16.5. The van der Waals surface area contributed by atoms with Gasteiger partial charge in [-0.3, -0.25) is 4.90 Å². The van der Waals surface area contributed by atoms with E-state index in [2.05, 4.69) is 4.90 Å². The van der Waals surface area contributed by atoms with E-state index >= 15 is 0 Å². The van der Waals surface area contributed by atoms with E-state index < -0.39 is 0 Å². The highest BCUT2D eigenvalue weighted by Gasteiger charge is 2.14. The molecule has 112 valence electrons. The van der Waals surface area contributed by atoms with Crippen LogP contribution in [0.3, 0.4) is 0 Å². The third-order valence-corrected chi connectivity index (χ3v) is 4.22. The standard InChI is InChI=1S/C18H17NO3/c20-18-14-6-2-1-5-13(14)17-15(7-3-8-16(17)22-18)21-12-11-19-9-4-10-19/h1-3,5-8H,4,9-12H2. The van der Waals surface area contributed by atoms with Crippen LogP contribution in [0.2, 0.25) is 0 Å². The van der Waals surface area contributed by atoms with Gasteiger partial charge in [0.15, 0.2) is 0 Å². The zero-order chi connectivity index (χ0) is 14.9. The van der Waals surface area contributed by atoms with Gasteiger partial charge in [0.2, 0.25) is 0 Å². The Morgan fingerprint density at radius 2 is 1.86 bits per heavy atom. The summed E-state index contributed by atoms with van der Waals surface area (Å²) < 4.78 is 11.4. The molecule has 0 unspecified atom stereocenters. The zero-order valence-corrected chi connectivity index (χ0v) is 12.2. The van der Waals surface area contributed by atoms with Crippen LogP contribution >= 0.6 is 0 Å². The molecule has 1 saturated heterocycles. The van der Waals surface area contributed by atoms with Crippen LogP contribution in [0.4, 0.5) is 0 Å². The summed E-state index contributed by atoms with van der Waals surface area (Å²) in [6.07, 6.45) is 1.28. The maximum absolute atomic E-state index is 12.0. The molecule has 1 aliphatic rings. The summed E-state index contributed by atoms with van der Waals surface area (Å²) >= 11 is 0. The molecule has 4 heteroatoms. The predicted octanol–water partition coefficient (Wildman–Crippen LogP) is 3.03. The van der Waals surface area contributed by atoms with Crippen molar-refractivity contribution in [2.75, 3.05) is 26.2 Å². The van der Waals surface area contributed by atoms with Gasteiger partial charge in [-0.2, -0.15) is 0 Å². The van der Waals surface area contributed by atoms with Crippen LogP contribution in [0.5, 0.6) is 5.75 Å². The van der Waals surface area contributed by atoms with Crippen LogP contribution in [0.1, 0.15) is 6.42 Å². The van der Waals surface area contributed by atoms with Crippen molar-refractivity contribution >= 4 is 21.7 Å². The second-order valence-corrected chi connectivity index (χ2v) is 5.61. The number of likely N-dealkylation sites (tertiary alicyclic amines) is 1. The average Bonchev–Trinajstić information content (AvgIpc) is 2.50. The van der Waals surface area contributed by atoms with Gasteiger partial charge >= 0.3 is 5.63 Å². The molecule has 0 spiro atoms. The molecule has 0 amide bonds. The number of hydrogen-bond acceptors (Lipinski definition) is 4. The van der Waals surface area contributed by atoms with E-state index in [0.29, 0.717) is 17.6 Å². The van der Waals surface area contributed by atoms with Crippen molar-refractivity contribution < 1.29 is 9.15 Å². The fraction of sp³-hybridized carbons (Fsp3) is 0.278. The topological polar surface area (TPSA) is 42.7 Å². The van der Waals surface area contributed by atoms with Gasteiger partial charge in [0.1, 0.15) is 17.9 Å². The molecule has 22 heavy (non-hydrogen) atoms. The van der Waals surface area contributed by atoms with Gasteiger partial charge in [-0.15, -0.1) is 0 Å². The minimum atomic E-state index is -0.305. The number of benzene rings is 2. The molecule has 2 aromatic carbocycles. The van der Waals surface area contributed by atoms with E-state index in [9.17, 15) is 4.79 Å². The average molecular weight is 295 g/mol. The van der Waals surface area contributed by atoms with Crippen molar-refractivity contribution in [3.8, 4) is 5.75 Å². The molecule has 1 fully saturated rings. The van der Waals surface area contributed by atoms with E-state index in [1.807, 2.05) is 36.4 Å². The summed E-state index contributed by atoms with van der Waals surface area (Å²) in [5, 5.41) is 2.35. The Morgan fingerprint density at radius 1 is 1.05 bits per heavy atom. The zero-order valence-electron chi connectivity index (χ0n) is 12.2. The van der Waals surface area contributed by atoms with E-state index in [1.54, 1.807) is 6.07 Å². The van der Waals surface area contributed by atoms with Crippen molar-refractivity contribution in [2.24, 2.45) is 0 Å². The highest BCUT2D eigenvalue weighted by Crippen LogP contribution is 2.31. The van der Waals surface area contributed by atoms with Gasteiger partial charge in [-0.1, -0.05) is 24.3 Å². The van der Waals surface area contributed by atoms with Crippen LogP contribution in [0.15, 0.2) is 51.7 Å². The van der Waals surface area contributed by atoms with Crippen molar-refractivity contribution in [2.45, 2.75) is 6.42 Å². The largest absolute Gasteiger partial charge is 0.491 e. The summed E-state index contributed by atoms with van der Waals surface area (Å²) in [5.41, 5.74) is 0.269. The molecule has 2 heterocycles. The van der Waals surface area contributed by atoms with E-state index in [-0.39, 0.29) is 5.63 Å². The van der Waals surface area contributed by atoms with E-state index in [4.69, 9.17) is 9.15 Å². The summed E-state index contributed by atoms with van der Waals surface area (Å²) in [6.45, 7) is 3.91. The molecule has 0 saturated carbocycles. The molecule has 3 aromatic rings. The summed E-state index contributed by atoms with van der Waals surface area (Å²) in [6, 6.07) is 13.1. The van der Waals surface area contributed by atoms with Gasteiger partial charge in [-0.25, -0.2) is 4.79 Å². The lowest BCUT2D eigenvalue weighted by Gasteiger charge is -2.30. The van der Waals surface area contributed by atoms with E-state index in [0.717, 1.165) is 36.2 Å². The number of nitrogens with zero attached hydrogens (tertiary/aromatic N) is 1. The first-order valence-corrected chi connectivity index (χ1v) is 7.63. The van der Waals surface area contributed by atoms with Crippen molar-refractivity contribution in [1.82, 2.24) is 4.90 Å². The molecule has 4 nitrogen and oxygen atoms in total. The maximum Gasteiger partial charge on any atom is 0.344 e. The van der Waals surface area contributed by atoms with Gasteiger partial charge in [-0.05, 0) is 37.7 Å².